The van der Waals surface area contributed by atoms with Gasteiger partial charge in [0.05, 0.1) is 12.0 Å². The third kappa shape index (κ3) is 4.98. The highest BCUT2D eigenvalue weighted by Crippen LogP contribution is 2.22. The molecule has 0 unspecified atom stereocenters. The van der Waals surface area contributed by atoms with E-state index in [0.717, 1.165) is 6.42 Å². The summed E-state index contributed by atoms with van der Waals surface area (Å²) in [7, 11) is -2.23. The van der Waals surface area contributed by atoms with Gasteiger partial charge in [-0.25, -0.2) is 8.42 Å². The molecule has 146 valence electrons. The molecular formula is C20H22N4O3S. The molecule has 2 aromatic carbocycles. The number of methoxy groups -OCH3 is 1. The quantitative estimate of drug-likeness (QED) is 0.605. The smallest absolute Gasteiger partial charge is 0.263 e. The Morgan fingerprint density at radius 2 is 1.68 bits per heavy atom. The van der Waals surface area contributed by atoms with E-state index in [0.29, 0.717) is 23.7 Å². The van der Waals surface area contributed by atoms with Crippen LogP contribution in [0.1, 0.15) is 11.1 Å². The SMILES string of the molecule is COc1ccc(S(=O)(=O)Nc2ccc(NCCc3ccccc3)nn2)c(C)c1. The number of hydrogen-bond acceptors (Lipinski definition) is 6. The lowest BCUT2D eigenvalue weighted by Crippen LogP contribution is -2.16. The van der Waals surface area contributed by atoms with E-state index in [4.69, 9.17) is 4.74 Å². The molecule has 0 radical (unpaired) electrons. The zero-order valence-corrected chi connectivity index (χ0v) is 16.5. The van der Waals surface area contributed by atoms with Gasteiger partial charge < -0.3 is 10.1 Å². The van der Waals surface area contributed by atoms with Crippen LogP contribution < -0.4 is 14.8 Å². The molecule has 0 spiro atoms. The molecule has 3 rings (SSSR count). The number of aryl methyl sites for hydroxylation is 1. The molecule has 0 aliphatic heterocycles. The summed E-state index contributed by atoms with van der Waals surface area (Å²) in [5.41, 5.74) is 1.81. The Bertz CT molecular complexity index is 1020. The molecular weight excluding hydrogens is 376 g/mol. The number of sulfonamides is 1. The van der Waals surface area contributed by atoms with Crippen LogP contribution in [0.5, 0.6) is 5.75 Å². The summed E-state index contributed by atoms with van der Waals surface area (Å²) in [5, 5.41) is 11.2. The normalized spacial score (nSPS) is 11.1. The Morgan fingerprint density at radius 3 is 2.32 bits per heavy atom. The zero-order valence-electron chi connectivity index (χ0n) is 15.7. The number of benzene rings is 2. The maximum Gasteiger partial charge on any atom is 0.263 e. The van der Waals surface area contributed by atoms with E-state index < -0.39 is 10.0 Å². The number of ether oxygens (including phenoxy) is 1. The highest BCUT2D eigenvalue weighted by Gasteiger charge is 2.18. The van der Waals surface area contributed by atoms with Crippen LogP contribution >= 0.6 is 0 Å². The van der Waals surface area contributed by atoms with Gasteiger partial charge in [0.1, 0.15) is 11.6 Å². The molecule has 2 N–H and O–H groups in total. The van der Waals surface area contributed by atoms with Gasteiger partial charge in [-0.1, -0.05) is 30.3 Å². The van der Waals surface area contributed by atoms with Gasteiger partial charge in [0.2, 0.25) is 0 Å². The van der Waals surface area contributed by atoms with Crippen molar-refractivity contribution in [1.29, 1.82) is 0 Å². The van der Waals surface area contributed by atoms with Crippen LogP contribution in [0.3, 0.4) is 0 Å². The van der Waals surface area contributed by atoms with Gasteiger partial charge in [-0.15, -0.1) is 10.2 Å². The van der Waals surface area contributed by atoms with Crippen molar-refractivity contribution in [3.8, 4) is 5.75 Å². The Hall–Kier alpha value is -3.13. The van der Waals surface area contributed by atoms with Crippen molar-refractivity contribution in [3.63, 3.8) is 0 Å². The predicted molar refractivity (Wildman–Crippen MR) is 109 cm³/mol. The highest BCUT2D eigenvalue weighted by molar-refractivity contribution is 7.92. The van der Waals surface area contributed by atoms with Crippen molar-refractivity contribution in [3.05, 3.63) is 71.8 Å². The zero-order chi connectivity index (χ0) is 20.0. The number of nitrogens with zero attached hydrogens (tertiary/aromatic N) is 2. The van der Waals surface area contributed by atoms with Gasteiger partial charge in [-0.2, -0.15) is 0 Å². The molecule has 3 aromatic rings. The average molecular weight is 398 g/mol. The summed E-state index contributed by atoms with van der Waals surface area (Å²) in [6, 6.07) is 18.1. The fraction of sp³-hybridized carbons (Fsp3) is 0.200. The largest absolute Gasteiger partial charge is 0.497 e. The van der Waals surface area contributed by atoms with Crippen molar-refractivity contribution >= 4 is 21.7 Å². The van der Waals surface area contributed by atoms with Gasteiger partial charge in [-0.05, 0) is 54.8 Å². The minimum atomic E-state index is -3.76. The van der Waals surface area contributed by atoms with E-state index in [2.05, 4.69) is 32.4 Å². The lowest BCUT2D eigenvalue weighted by Gasteiger charge is -2.11. The summed E-state index contributed by atoms with van der Waals surface area (Å²) < 4.78 is 32.8. The molecule has 0 fully saturated rings. The van der Waals surface area contributed by atoms with Crippen molar-refractivity contribution in [1.82, 2.24) is 10.2 Å². The first-order valence-electron chi connectivity index (χ1n) is 8.77. The Morgan fingerprint density at radius 1 is 0.964 bits per heavy atom. The molecule has 0 aliphatic rings. The summed E-state index contributed by atoms with van der Waals surface area (Å²) in [4.78, 5) is 0.167. The Balaban J connectivity index is 1.61. The van der Waals surface area contributed by atoms with Gasteiger partial charge in [0.25, 0.3) is 10.0 Å². The van der Waals surface area contributed by atoms with Crippen molar-refractivity contribution in [2.45, 2.75) is 18.2 Å². The van der Waals surface area contributed by atoms with Crippen LogP contribution in [0, 0.1) is 6.92 Å². The summed E-state index contributed by atoms with van der Waals surface area (Å²) in [6.45, 7) is 2.41. The van der Waals surface area contributed by atoms with Gasteiger partial charge in [0, 0.05) is 6.54 Å². The molecule has 0 bridgehead atoms. The van der Waals surface area contributed by atoms with E-state index in [1.54, 1.807) is 31.2 Å². The van der Waals surface area contributed by atoms with Crippen molar-refractivity contribution < 1.29 is 13.2 Å². The summed E-state index contributed by atoms with van der Waals surface area (Å²) in [5.74, 6) is 1.34. The fourth-order valence-electron chi connectivity index (χ4n) is 2.70. The van der Waals surface area contributed by atoms with Crippen molar-refractivity contribution in [2.24, 2.45) is 0 Å². The second-order valence-corrected chi connectivity index (χ2v) is 7.85. The number of aromatic nitrogens is 2. The molecule has 28 heavy (non-hydrogen) atoms. The van der Waals surface area contributed by atoms with Gasteiger partial charge >= 0.3 is 0 Å². The molecule has 0 saturated heterocycles. The van der Waals surface area contributed by atoms with Crippen LogP contribution in [0.15, 0.2) is 65.6 Å². The number of hydrogen-bond donors (Lipinski definition) is 2. The lowest BCUT2D eigenvalue weighted by molar-refractivity contribution is 0.414. The third-order valence-corrected chi connectivity index (χ3v) is 5.65. The molecule has 7 nitrogen and oxygen atoms in total. The van der Waals surface area contributed by atoms with E-state index in [-0.39, 0.29) is 10.7 Å². The van der Waals surface area contributed by atoms with Crippen LogP contribution in [0.2, 0.25) is 0 Å². The maximum atomic E-state index is 12.6. The Kier molecular flexibility index (Phi) is 6.10. The lowest BCUT2D eigenvalue weighted by atomic mass is 10.1. The molecule has 1 aromatic heterocycles. The summed E-state index contributed by atoms with van der Waals surface area (Å²) in [6.07, 6.45) is 0.855. The number of nitrogens with one attached hydrogen (secondary N) is 2. The fourth-order valence-corrected chi connectivity index (χ4v) is 3.93. The van der Waals surface area contributed by atoms with Crippen LogP contribution in [-0.2, 0) is 16.4 Å². The topological polar surface area (TPSA) is 93.2 Å². The van der Waals surface area contributed by atoms with Crippen molar-refractivity contribution in [2.75, 3.05) is 23.7 Å². The van der Waals surface area contributed by atoms with E-state index in [9.17, 15) is 8.42 Å². The number of anilines is 2. The van der Waals surface area contributed by atoms with Gasteiger partial charge in [0.15, 0.2) is 5.82 Å². The highest BCUT2D eigenvalue weighted by atomic mass is 32.2. The number of rotatable bonds is 8. The first-order valence-corrected chi connectivity index (χ1v) is 10.3. The van der Waals surface area contributed by atoms with Gasteiger partial charge in [-0.3, -0.25) is 4.72 Å². The maximum absolute atomic E-state index is 12.6. The molecule has 1 heterocycles. The van der Waals surface area contributed by atoms with Crippen LogP contribution in [0.4, 0.5) is 11.6 Å². The minimum Gasteiger partial charge on any atom is -0.497 e. The standard InChI is InChI=1S/C20H22N4O3S/c1-15-14-17(27-2)8-9-18(15)28(25,26)24-20-11-10-19(22-23-20)21-13-12-16-6-4-3-5-7-16/h3-11,14H,12-13H2,1-2H3,(H,21,22)(H,23,24). The predicted octanol–water partition coefficient (Wildman–Crippen LogP) is 3.25. The Labute approximate surface area is 164 Å². The van der Waals surface area contributed by atoms with Crippen LogP contribution in [0.25, 0.3) is 0 Å². The minimum absolute atomic E-state index is 0.156. The molecule has 0 atom stereocenters. The van der Waals surface area contributed by atoms with Crippen LogP contribution in [-0.4, -0.2) is 32.3 Å². The monoisotopic (exact) mass is 398 g/mol. The average Bonchev–Trinajstić information content (AvgIpc) is 2.69. The van der Waals surface area contributed by atoms with E-state index in [1.165, 1.54) is 18.7 Å². The first-order chi connectivity index (χ1) is 13.5. The molecule has 0 amide bonds. The summed E-state index contributed by atoms with van der Waals surface area (Å²) >= 11 is 0. The third-order valence-electron chi connectivity index (χ3n) is 4.14. The molecule has 0 saturated carbocycles. The second kappa shape index (κ2) is 8.71. The first kappa shape index (κ1) is 19.6. The van der Waals surface area contributed by atoms with E-state index >= 15 is 0 Å². The molecule has 0 aliphatic carbocycles. The molecule has 8 heteroatoms. The second-order valence-electron chi connectivity index (χ2n) is 6.20. The van der Waals surface area contributed by atoms with E-state index in [1.807, 2.05) is 18.2 Å².